The van der Waals surface area contributed by atoms with Crippen molar-refractivity contribution < 1.29 is 18.3 Å². The normalized spacial score (nSPS) is 13.3. The molecule has 2 aromatic rings. The van der Waals surface area contributed by atoms with Gasteiger partial charge in [0.1, 0.15) is 4.88 Å². The molecule has 2 aromatic heterocycles. The molecule has 108 valence electrons. The third-order valence-corrected chi connectivity index (χ3v) is 5.29. The Balaban J connectivity index is 2.29. The fourth-order valence-corrected chi connectivity index (χ4v) is 4.17. The Kier molecular flexibility index (Phi) is 3.83. The molecule has 0 aliphatic rings. The molecule has 0 fully saturated rings. The number of hydrogen-bond donors (Lipinski definition) is 3. The Bertz CT molecular complexity index is 722. The summed E-state index contributed by atoms with van der Waals surface area (Å²) in [6.45, 7) is 3.10. The molecule has 0 aliphatic heterocycles. The van der Waals surface area contributed by atoms with Gasteiger partial charge in [0.15, 0.2) is 5.82 Å². The van der Waals surface area contributed by atoms with Crippen molar-refractivity contribution in [1.82, 2.24) is 25.3 Å². The van der Waals surface area contributed by atoms with Gasteiger partial charge in [0.2, 0.25) is 10.0 Å². The zero-order chi connectivity index (χ0) is 14.9. The largest absolute Gasteiger partial charge is 0.477 e. The number of carboxylic acid groups (broad SMARTS) is 1. The molecule has 9 nitrogen and oxygen atoms in total. The van der Waals surface area contributed by atoms with E-state index in [1.165, 1.54) is 0 Å². The number of nitrogens with zero attached hydrogens (tertiary/aromatic N) is 3. The fourth-order valence-electron chi connectivity index (χ4n) is 1.54. The summed E-state index contributed by atoms with van der Waals surface area (Å²) in [5, 5.41) is 21.8. The van der Waals surface area contributed by atoms with Crippen LogP contribution in [-0.4, -0.2) is 40.1 Å². The molecule has 0 radical (unpaired) electrons. The van der Waals surface area contributed by atoms with E-state index in [-0.39, 0.29) is 15.6 Å². The second kappa shape index (κ2) is 5.26. The van der Waals surface area contributed by atoms with E-state index < -0.39 is 22.0 Å². The summed E-state index contributed by atoms with van der Waals surface area (Å²) in [5.74, 6) is -0.967. The fraction of sp³-hybridized carbons (Fsp3) is 0.333. The minimum absolute atomic E-state index is 0.0323. The van der Waals surface area contributed by atoms with Gasteiger partial charge in [-0.25, -0.2) is 17.9 Å². The lowest BCUT2D eigenvalue weighted by molar-refractivity contribution is 0.0702. The molecule has 0 aliphatic carbocycles. The molecule has 0 saturated heterocycles. The highest BCUT2D eigenvalue weighted by molar-refractivity contribution is 7.89. The highest BCUT2D eigenvalue weighted by Crippen LogP contribution is 2.26. The molecular weight excluding hydrogens is 306 g/mol. The lowest BCUT2D eigenvalue weighted by atomic mass is 10.4. The highest BCUT2D eigenvalue weighted by atomic mass is 32.2. The van der Waals surface area contributed by atoms with Crippen LogP contribution in [0.2, 0.25) is 0 Å². The number of tetrazole rings is 1. The molecule has 0 saturated carbocycles. The number of sulfonamides is 1. The maximum absolute atomic E-state index is 12.2. The summed E-state index contributed by atoms with van der Waals surface area (Å²) in [7, 11) is -3.85. The van der Waals surface area contributed by atoms with E-state index in [1.54, 1.807) is 13.8 Å². The van der Waals surface area contributed by atoms with Gasteiger partial charge in [-0.2, -0.15) is 5.21 Å². The predicted octanol–water partition coefficient (Wildman–Crippen LogP) is 0.307. The minimum Gasteiger partial charge on any atom is -0.477 e. The summed E-state index contributed by atoms with van der Waals surface area (Å²) in [4.78, 5) is 11.2. The zero-order valence-electron chi connectivity index (χ0n) is 10.5. The Labute approximate surface area is 118 Å². The van der Waals surface area contributed by atoms with Gasteiger partial charge in [-0.05, 0) is 19.9 Å². The van der Waals surface area contributed by atoms with Gasteiger partial charge < -0.3 is 5.11 Å². The van der Waals surface area contributed by atoms with Crippen molar-refractivity contribution in [3.63, 3.8) is 0 Å². The first-order chi connectivity index (χ1) is 9.31. The van der Waals surface area contributed by atoms with E-state index in [0.29, 0.717) is 4.88 Å². The Morgan fingerprint density at radius 1 is 1.55 bits per heavy atom. The summed E-state index contributed by atoms with van der Waals surface area (Å²) in [6.07, 6.45) is 0. The van der Waals surface area contributed by atoms with Crippen LogP contribution >= 0.6 is 11.3 Å². The van der Waals surface area contributed by atoms with Gasteiger partial charge in [0.25, 0.3) is 0 Å². The van der Waals surface area contributed by atoms with Crippen molar-refractivity contribution in [2.75, 3.05) is 0 Å². The first-order valence-electron chi connectivity index (χ1n) is 5.40. The van der Waals surface area contributed by atoms with E-state index in [4.69, 9.17) is 5.11 Å². The van der Waals surface area contributed by atoms with Crippen LogP contribution in [0.25, 0.3) is 0 Å². The van der Waals surface area contributed by atoms with Crippen LogP contribution in [0.5, 0.6) is 0 Å². The van der Waals surface area contributed by atoms with Crippen LogP contribution in [0.1, 0.15) is 33.3 Å². The van der Waals surface area contributed by atoms with Crippen molar-refractivity contribution in [2.24, 2.45) is 0 Å². The van der Waals surface area contributed by atoms with Crippen LogP contribution in [0.4, 0.5) is 0 Å². The molecule has 2 heterocycles. The summed E-state index contributed by atoms with van der Waals surface area (Å²) < 4.78 is 26.8. The Hall–Kier alpha value is -1.85. The number of rotatable bonds is 5. The second-order valence-corrected chi connectivity index (χ2v) is 6.89. The molecular formula is C9H11N5O4S2. The van der Waals surface area contributed by atoms with Crippen LogP contribution in [0.3, 0.4) is 0 Å². The first-order valence-corrected chi connectivity index (χ1v) is 7.70. The average molecular weight is 317 g/mol. The molecule has 3 N–H and O–H groups in total. The van der Waals surface area contributed by atoms with Gasteiger partial charge in [0, 0.05) is 4.88 Å². The molecule has 0 bridgehead atoms. The zero-order valence-corrected chi connectivity index (χ0v) is 12.1. The van der Waals surface area contributed by atoms with Gasteiger partial charge >= 0.3 is 5.97 Å². The number of carbonyl (C=O) groups is 1. The van der Waals surface area contributed by atoms with Crippen molar-refractivity contribution in [1.29, 1.82) is 0 Å². The quantitative estimate of drug-likeness (QED) is 0.721. The number of hydrogen-bond acceptors (Lipinski definition) is 7. The average Bonchev–Trinajstić information content (AvgIpc) is 2.96. The minimum atomic E-state index is -3.85. The number of aryl methyl sites for hydroxylation is 1. The molecule has 2 rings (SSSR count). The third kappa shape index (κ3) is 2.84. The van der Waals surface area contributed by atoms with E-state index in [0.717, 1.165) is 17.4 Å². The topological polar surface area (TPSA) is 138 Å². The number of nitrogens with one attached hydrogen (secondary N) is 2. The van der Waals surface area contributed by atoms with E-state index in [9.17, 15) is 13.2 Å². The van der Waals surface area contributed by atoms with Gasteiger partial charge in [-0.3, -0.25) is 0 Å². The van der Waals surface area contributed by atoms with Gasteiger partial charge in [-0.1, -0.05) is 5.21 Å². The molecule has 0 amide bonds. The Morgan fingerprint density at radius 3 is 2.75 bits per heavy atom. The molecule has 1 unspecified atom stereocenters. The number of aromatic nitrogens is 4. The first kappa shape index (κ1) is 14.6. The van der Waals surface area contributed by atoms with Crippen LogP contribution in [-0.2, 0) is 10.0 Å². The lowest BCUT2D eigenvalue weighted by Gasteiger charge is -2.10. The van der Waals surface area contributed by atoms with Crippen molar-refractivity contribution in [2.45, 2.75) is 24.8 Å². The molecule has 1 atom stereocenters. The van der Waals surface area contributed by atoms with Crippen molar-refractivity contribution >= 4 is 27.3 Å². The maximum Gasteiger partial charge on any atom is 0.345 e. The summed E-state index contributed by atoms with van der Waals surface area (Å²) >= 11 is 0.905. The SMILES string of the molecule is Cc1sc(C(=O)O)cc1S(=O)(=O)NC(C)c1nn[nH]n1. The number of thiophene rings is 1. The van der Waals surface area contributed by atoms with Crippen LogP contribution < -0.4 is 4.72 Å². The molecule has 0 spiro atoms. The van der Waals surface area contributed by atoms with Gasteiger partial charge in [0.05, 0.1) is 10.9 Å². The van der Waals surface area contributed by atoms with E-state index in [1.807, 2.05) is 0 Å². The third-order valence-electron chi connectivity index (χ3n) is 2.45. The number of carboxylic acids is 1. The number of aromatic carboxylic acids is 1. The van der Waals surface area contributed by atoms with Crippen LogP contribution in [0, 0.1) is 6.92 Å². The van der Waals surface area contributed by atoms with Gasteiger partial charge in [-0.15, -0.1) is 21.5 Å². The van der Waals surface area contributed by atoms with Crippen molar-refractivity contribution in [3.05, 3.63) is 21.6 Å². The molecule has 20 heavy (non-hydrogen) atoms. The van der Waals surface area contributed by atoms with Crippen LogP contribution in [0.15, 0.2) is 11.0 Å². The molecule has 11 heteroatoms. The summed E-state index contributed by atoms with van der Waals surface area (Å²) in [5.41, 5.74) is 0. The summed E-state index contributed by atoms with van der Waals surface area (Å²) in [6, 6.07) is 0.444. The predicted molar refractivity (Wildman–Crippen MR) is 68.9 cm³/mol. The van der Waals surface area contributed by atoms with E-state index >= 15 is 0 Å². The smallest absolute Gasteiger partial charge is 0.345 e. The molecule has 0 aromatic carbocycles. The lowest BCUT2D eigenvalue weighted by Crippen LogP contribution is -2.27. The highest BCUT2D eigenvalue weighted by Gasteiger charge is 2.25. The standard InChI is InChI=1S/C9H11N5O4S2/c1-4(8-10-13-14-11-8)12-20(17,18)7-3-6(9(15)16)19-5(7)2/h3-4,12H,1-2H3,(H,15,16)(H,10,11,13,14). The van der Waals surface area contributed by atoms with E-state index in [2.05, 4.69) is 25.3 Å². The number of aromatic amines is 1. The maximum atomic E-state index is 12.2. The van der Waals surface area contributed by atoms with Crippen molar-refractivity contribution in [3.8, 4) is 0 Å². The Morgan fingerprint density at radius 2 is 2.25 bits per heavy atom. The number of H-pyrrole nitrogens is 1. The monoisotopic (exact) mass is 317 g/mol. The second-order valence-electron chi connectivity index (χ2n) is 3.95.